The van der Waals surface area contributed by atoms with Crippen LogP contribution in [0.1, 0.15) is 72.1 Å². The van der Waals surface area contributed by atoms with Gasteiger partial charge in [0.25, 0.3) is 11.8 Å². The first-order valence-electron chi connectivity index (χ1n) is 19.0. The summed E-state index contributed by atoms with van der Waals surface area (Å²) >= 11 is 0. The fraction of sp³-hybridized carbons (Fsp3) is 0.375. The lowest BCUT2D eigenvalue weighted by Gasteiger charge is -2.28. The molecule has 0 bridgehead atoms. The number of amides is 6. The summed E-state index contributed by atoms with van der Waals surface area (Å²) in [4.78, 5) is 91.8. The van der Waals surface area contributed by atoms with Gasteiger partial charge in [-0.15, -0.1) is 0 Å². The molecule has 2 aromatic carbocycles. The SMILES string of the molecule is COC(=O)[C@H](Cc1ccccc1)NC(=O)[C@H](Cc1ccccc1)NC(=O)[C@@H](NC(=O)[C@H](CCCCN)NC(=O)c1cc(NC(=O)c2cc(NC(C)=O)n[nH]2)n[nH]1)C(C)C. The molecule has 0 aliphatic heterocycles. The fourth-order valence-electron chi connectivity index (χ4n) is 5.93. The van der Waals surface area contributed by atoms with E-state index in [9.17, 15) is 33.6 Å². The van der Waals surface area contributed by atoms with Gasteiger partial charge in [0.1, 0.15) is 35.6 Å². The van der Waals surface area contributed by atoms with Crippen molar-refractivity contribution in [1.29, 1.82) is 0 Å². The average molecular weight is 814 g/mol. The van der Waals surface area contributed by atoms with Crippen molar-refractivity contribution >= 4 is 53.0 Å². The van der Waals surface area contributed by atoms with Gasteiger partial charge in [0.2, 0.25) is 23.6 Å². The van der Waals surface area contributed by atoms with E-state index in [1.807, 2.05) is 36.4 Å². The van der Waals surface area contributed by atoms with Gasteiger partial charge in [-0.05, 0) is 42.9 Å². The highest BCUT2D eigenvalue weighted by molar-refractivity contribution is 6.04. The number of nitrogens with two attached hydrogens (primary N) is 1. The molecule has 0 fully saturated rings. The van der Waals surface area contributed by atoms with Crippen LogP contribution in [0.4, 0.5) is 11.6 Å². The zero-order chi connectivity index (χ0) is 42.9. The van der Waals surface area contributed by atoms with Crippen molar-refractivity contribution in [2.24, 2.45) is 11.7 Å². The first kappa shape index (κ1) is 44.8. The van der Waals surface area contributed by atoms with Gasteiger partial charge < -0.3 is 42.4 Å². The number of rotatable bonds is 21. The highest BCUT2D eigenvalue weighted by Crippen LogP contribution is 2.13. The Balaban J connectivity index is 1.47. The molecule has 314 valence electrons. The smallest absolute Gasteiger partial charge is 0.328 e. The molecule has 19 nitrogen and oxygen atoms in total. The maximum atomic E-state index is 14.0. The Labute approximate surface area is 340 Å². The second-order valence-corrected chi connectivity index (χ2v) is 14.0. The quantitative estimate of drug-likeness (QED) is 0.0428. The molecule has 0 aliphatic carbocycles. The third kappa shape index (κ3) is 13.9. The van der Waals surface area contributed by atoms with Crippen molar-refractivity contribution in [3.8, 4) is 0 Å². The summed E-state index contributed by atoms with van der Waals surface area (Å²) in [6.45, 7) is 5.08. The van der Waals surface area contributed by atoms with Gasteiger partial charge in [-0.2, -0.15) is 10.2 Å². The van der Waals surface area contributed by atoms with Crippen molar-refractivity contribution in [2.45, 2.75) is 77.0 Å². The molecule has 0 unspecified atom stereocenters. The van der Waals surface area contributed by atoms with E-state index in [2.05, 4.69) is 52.3 Å². The molecule has 2 aromatic heterocycles. The highest BCUT2D eigenvalue weighted by atomic mass is 16.5. The van der Waals surface area contributed by atoms with Crippen LogP contribution in [0.5, 0.6) is 0 Å². The number of ether oxygens (including phenoxy) is 1. The number of carbonyl (C=O) groups is 7. The largest absolute Gasteiger partial charge is 0.467 e. The molecule has 0 spiro atoms. The minimum atomic E-state index is -1.16. The van der Waals surface area contributed by atoms with Crippen LogP contribution in [-0.2, 0) is 41.6 Å². The standard InChI is InChI=1S/C40H51N11O8/c1-23(2)34(39(57)44-28(19-25-13-7-5-8-14-25)36(54)45-31(40(58)59-4)20-26-15-9-6-10-16-26)47-35(53)27(17-11-12-18-41)43-37(55)29-22-33(51-48-29)46-38(56)30-21-32(50-49-30)42-24(3)52/h5-10,13-16,21-23,27-28,31,34H,11-12,17-20,41H2,1-4H3,(H,43,55)(H,44,57)(H,45,54)(H,47,53)(H2,42,49,50,52)(H2,46,48,51,56)/t27-,28-,31-,34-/m0/s1. The number of carbonyl (C=O) groups excluding carboxylic acids is 7. The maximum absolute atomic E-state index is 14.0. The Bertz CT molecular complexity index is 2050. The topological polar surface area (TPSA) is 284 Å². The lowest BCUT2D eigenvalue weighted by molar-refractivity contribution is -0.145. The van der Waals surface area contributed by atoms with Gasteiger partial charge in [-0.3, -0.25) is 39.0 Å². The van der Waals surface area contributed by atoms with Crippen LogP contribution in [0.15, 0.2) is 72.8 Å². The molecule has 0 aliphatic rings. The van der Waals surface area contributed by atoms with E-state index in [-0.39, 0.29) is 48.2 Å². The number of aromatic amines is 2. The molecular formula is C40H51N11O8. The number of nitrogens with one attached hydrogen (secondary N) is 8. The number of unbranched alkanes of at least 4 members (excludes halogenated alkanes) is 1. The van der Waals surface area contributed by atoms with E-state index >= 15 is 0 Å². The Morgan fingerprint density at radius 2 is 1.19 bits per heavy atom. The normalized spacial score (nSPS) is 12.9. The van der Waals surface area contributed by atoms with Crippen molar-refractivity contribution in [3.05, 3.63) is 95.3 Å². The second kappa shape index (κ2) is 22.2. The lowest BCUT2D eigenvalue weighted by atomic mass is 9.99. The number of anilines is 2. The van der Waals surface area contributed by atoms with E-state index in [0.717, 1.165) is 11.1 Å². The van der Waals surface area contributed by atoms with Crippen molar-refractivity contribution < 1.29 is 38.3 Å². The first-order valence-corrected chi connectivity index (χ1v) is 19.0. The first-order chi connectivity index (χ1) is 28.3. The number of hydrogen-bond donors (Lipinski definition) is 9. The summed E-state index contributed by atoms with van der Waals surface area (Å²) in [5.74, 6) is -4.70. The molecule has 4 aromatic rings. The van der Waals surface area contributed by atoms with E-state index in [1.165, 1.54) is 26.2 Å². The van der Waals surface area contributed by atoms with Crippen LogP contribution >= 0.6 is 0 Å². The van der Waals surface area contributed by atoms with Gasteiger partial charge >= 0.3 is 5.97 Å². The predicted octanol–water partition coefficient (Wildman–Crippen LogP) is 1.34. The van der Waals surface area contributed by atoms with Crippen LogP contribution in [0.2, 0.25) is 0 Å². The maximum Gasteiger partial charge on any atom is 0.328 e. The molecule has 10 N–H and O–H groups in total. The number of H-pyrrole nitrogens is 2. The predicted molar refractivity (Wildman–Crippen MR) is 217 cm³/mol. The number of methoxy groups -OCH3 is 1. The van der Waals surface area contributed by atoms with Gasteiger partial charge in [0.15, 0.2) is 11.6 Å². The summed E-state index contributed by atoms with van der Waals surface area (Å²) < 4.78 is 4.97. The van der Waals surface area contributed by atoms with Gasteiger partial charge in [0.05, 0.1) is 7.11 Å². The lowest BCUT2D eigenvalue weighted by Crippen LogP contribution is -2.59. The van der Waals surface area contributed by atoms with Crippen molar-refractivity contribution in [2.75, 3.05) is 24.3 Å². The van der Waals surface area contributed by atoms with E-state index in [0.29, 0.717) is 19.4 Å². The monoisotopic (exact) mass is 813 g/mol. The Hall–Kier alpha value is -6.89. The molecule has 0 radical (unpaired) electrons. The minimum absolute atomic E-state index is 0.0106. The molecule has 6 amide bonds. The Morgan fingerprint density at radius 1 is 0.661 bits per heavy atom. The van der Waals surface area contributed by atoms with E-state index in [4.69, 9.17) is 10.5 Å². The Kier molecular flexibility index (Phi) is 16.8. The van der Waals surface area contributed by atoms with Crippen LogP contribution in [0.25, 0.3) is 0 Å². The third-order valence-corrected chi connectivity index (χ3v) is 9.01. The molecule has 0 saturated heterocycles. The zero-order valence-corrected chi connectivity index (χ0v) is 33.3. The minimum Gasteiger partial charge on any atom is -0.467 e. The number of benzene rings is 2. The highest BCUT2D eigenvalue weighted by Gasteiger charge is 2.33. The molecule has 0 saturated carbocycles. The van der Waals surface area contributed by atoms with Crippen LogP contribution in [0, 0.1) is 5.92 Å². The van der Waals surface area contributed by atoms with Gasteiger partial charge in [-0.25, -0.2) is 4.79 Å². The fourth-order valence-corrected chi connectivity index (χ4v) is 5.93. The second-order valence-electron chi connectivity index (χ2n) is 14.0. The molecule has 4 rings (SSSR count). The Morgan fingerprint density at radius 3 is 1.73 bits per heavy atom. The van der Waals surface area contributed by atoms with Crippen LogP contribution in [0.3, 0.4) is 0 Å². The number of hydrogen-bond acceptors (Lipinski definition) is 11. The number of nitrogens with zero attached hydrogens (tertiary/aromatic N) is 2. The summed E-state index contributed by atoms with van der Waals surface area (Å²) in [6.07, 6.45) is 1.41. The summed E-state index contributed by atoms with van der Waals surface area (Å²) in [5.41, 5.74) is 7.15. The molecule has 19 heteroatoms. The van der Waals surface area contributed by atoms with Crippen LogP contribution in [-0.4, -0.2) is 99.6 Å². The third-order valence-electron chi connectivity index (χ3n) is 9.01. The van der Waals surface area contributed by atoms with E-state index in [1.54, 1.807) is 38.1 Å². The van der Waals surface area contributed by atoms with Gasteiger partial charge in [-0.1, -0.05) is 74.5 Å². The summed E-state index contributed by atoms with van der Waals surface area (Å²) in [7, 11) is 1.22. The average Bonchev–Trinajstić information content (AvgIpc) is 3.89. The number of esters is 1. The van der Waals surface area contributed by atoms with Crippen LogP contribution < -0.4 is 37.6 Å². The van der Waals surface area contributed by atoms with E-state index < -0.39 is 65.6 Å². The molecule has 2 heterocycles. The van der Waals surface area contributed by atoms with Gasteiger partial charge in [0, 0.05) is 31.9 Å². The molecule has 59 heavy (non-hydrogen) atoms. The van der Waals surface area contributed by atoms with Crippen molar-refractivity contribution in [3.63, 3.8) is 0 Å². The summed E-state index contributed by atoms with van der Waals surface area (Å²) in [5, 5.41) is 28.7. The molecular weight excluding hydrogens is 763 g/mol. The number of aromatic nitrogens is 4. The molecule has 4 atom stereocenters. The zero-order valence-electron chi connectivity index (χ0n) is 33.3. The summed E-state index contributed by atoms with van der Waals surface area (Å²) in [6, 6.07) is 16.2. The van der Waals surface area contributed by atoms with Crippen molar-refractivity contribution in [1.82, 2.24) is 41.7 Å².